The number of carbonyl (C=O) groups excluding carboxylic acids is 1. The molecule has 3 aromatic rings. The van der Waals surface area contributed by atoms with Crippen LogP contribution >= 0.6 is 0 Å². The molecule has 0 aliphatic heterocycles. The van der Waals surface area contributed by atoms with E-state index in [0.29, 0.717) is 67.2 Å². The van der Waals surface area contributed by atoms with Crippen LogP contribution in [0, 0.1) is 0 Å². The predicted molar refractivity (Wildman–Crippen MR) is 108 cm³/mol. The van der Waals surface area contributed by atoms with Gasteiger partial charge < -0.3 is 28.6 Å². The van der Waals surface area contributed by atoms with E-state index >= 15 is 0 Å². The number of aromatic nitrogens is 4. The summed E-state index contributed by atoms with van der Waals surface area (Å²) in [6.07, 6.45) is 1.91. The van der Waals surface area contributed by atoms with Gasteiger partial charge in [-0.1, -0.05) is 10.3 Å². The minimum absolute atomic E-state index is 0.0692. The van der Waals surface area contributed by atoms with Crippen molar-refractivity contribution in [3.63, 3.8) is 0 Å². The molecule has 3 rings (SSSR count). The number of aryl methyl sites for hydroxylation is 1. The average Bonchev–Trinajstić information content (AvgIpc) is 3.43. The first-order valence-electron chi connectivity index (χ1n) is 9.75. The van der Waals surface area contributed by atoms with Crippen LogP contribution in [0.1, 0.15) is 30.4 Å². The number of nitrogens with zero attached hydrogens (tertiary/aromatic N) is 4. The molecule has 0 spiro atoms. The third-order valence-corrected chi connectivity index (χ3v) is 4.35. The molecule has 1 aromatic carbocycles. The van der Waals surface area contributed by atoms with Crippen LogP contribution in [0.3, 0.4) is 0 Å². The fourth-order valence-electron chi connectivity index (χ4n) is 2.83. The van der Waals surface area contributed by atoms with Gasteiger partial charge in [0, 0.05) is 38.5 Å². The second-order valence-electron chi connectivity index (χ2n) is 6.57. The van der Waals surface area contributed by atoms with Gasteiger partial charge in [0.1, 0.15) is 6.61 Å². The van der Waals surface area contributed by atoms with Crippen LogP contribution in [0.2, 0.25) is 0 Å². The highest BCUT2D eigenvalue weighted by Crippen LogP contribution is 2.31. The van der Waals surface area contributed by atoms with E-state index in [1.165, 1.54) is 0 Å². The summed E-state index contributed by atoms with van der Waals surface area (Å²) in [5.74, 6) is 3.00. The summed E-state index contributed by atoms with van der Waals surface area (Å²) >= 11 is 0. The normalized spacial score (nSPS) is 10.8. The van der Waals surface area contributed by atoms with Gasteiger partial charge >= 0.3 is 0 Å². The molecule has 0 saturated carbocycles. The Morgan fingerprint density at radius 2 is 1.81 bits per heavy atom. The van der Waals surface area contributed by atoms with Gasteiger partial charge in [-0.3, -0.25) is 4.79 Å². The average molecular weight is 431 g/mol. The quantitative estimate of drug-likeness (QED) is 0.453. The smallest absolute Gasteiger partial charge is 0.252 e. The Hall–Kier alpha value is -3.47. The minimum Gasteiger partial charge on any atom is -0.493 e. The summed E-state index contributed by atoms with van der Waals surface area (Å²) in [5.41, 5.74) is 0.750. The van der Waals surface area contributed by atoms with Gasteiger partial charge in [0.25, 0.3) is 5.89 Å². The van der Waals surface area contributed by atoms with Gasteiger partial charge in [0.15, 0.2) is 17.3 Å². The predicted octanol–water partition coefficient (Wildman–Crippen LogP) is 1.96. The lowest BCUT2D eigenvalue weighted by Gasteiger charge is -2.07. The first kappa shape index (κ1) is 22.2. The van der Waals surface area contributed by atoms with Crippen molar-refractivity contribution in [1.29, 1.82) is 0 Å². The summed E-state index contributed by atoms with van der Waals surface area (Å²) in [6.45, 7) is 0.692. The van der Waals surface area contributed by atoms with Crippen LogP contribution in [-0.4, -0.2) is 54.1 Å². The van der Waals surface area contributed by atoms with Crippen molar-refractivity contribution in [3.05, 3.63) is 35.8 Å². The van der Waals surface area contributed by atoms with Gasteiger partial charge in [0.2, 0.25) is 17.6 Å². The summed E-state index contributed by atoms with van der Waals surface area (Å²) < 4.78 is 25.7. The molecule has 11 heteroatoms. The Morgan fingerprint density at radius 3 is 2.58 bits per heavy atom. The molecule has 0 aliphatic rings. The van der Waals surface area contributed by atoms with Gasteiger partial charge in [0.05, 0.1) is 14.2 Å². The molecule has 0 unspecified atom stereocenters. The lowest BCUT2D eigenvalue weighted by Crippen LogP contribution is -2.25. The zero-order valence-electron chi connectivity index (χ0n) is 17.7. The zero-order valence-corrected chi connectivity index (χ0v) is 17.7. The maximum Gasteiger partial charge on any atom is 0.252 e. The molecule has 2 heterocycles. The molecule has 0 fully saturated rings. The number of hydrogen-bond acceptors (Lipinski definition) is 10. The lowest BCUT2D eigenvalue weighted by atomic mass is 10.2. The molecule has 0 bridgehead atoms. The van der Waals surface area contributed by atoms with Crippen LogP contribution in [0.4, 0.5) is 0 Å². The minimum atomic E-state index is -0.0692. The number of benzene rings is 1. The van der Waals surface area contributed by atoms with Crippen molar-refractivity contribution >= 4 is 5.91 Å². The van der Waals surface area contributed by atoms with Gasteiger partial charge in [-0.15, -0.1) is 0 Å². The Bertz CT molecular complexity index is 986. The van der Waals surface area contributed by atoms with Crippen LogP contribution in [0.5, 0.6) is 11.5 Å². The second-order valence-corrected chi connectivity index (χ2v) is 6.57. The molecular weight excluding hydrogens is 406 g/mol. The summed E-state index contributed by atoms with van der Waals surface area (Å²) in [5, 5.41) is 10.6. The molecule has 0 saturated heterocycles. The van der Waals surface area contributed by atoms with Gasteiger partial charge in [-0.2, -0.15) is 9.97 Å². The molecule has 1 amide bonds. The number of rotatable bonds is 12. The van der Waals surface area contributed by atoms with Crippen LogP contribution in [0.15, 0.2) is 27.2 Å². The first-order valence-corrected chi connectivity index (χ1v) is 9.75. The highest BCUT2D eigenvalue weighted by atomic mass is 16.5. The molecule has 2 aromatic heterocycles. The van der Waals surface area contributed by atoms with Crippen LogP contribution in [-0.2, 0) is 29.0 Å². The van der Waals surface area contributed by atoms with E-state index in [0.717, 1.165) is 5.56 Å². The van der Waals surface area contributed by atoms with Crippen molar-refractivity contribution < 1.29 is 28.1 Å². The van der Waals surface area contributed by atoms with E-state index < -0.39 is 0 Å². The van der Waals surface area contributed by atoms with Crippen LogP contribution in [0.25, 0.3) is 11.4 Å². The van der Waals surface area contributed by atoms with Crippen molar-refractivity contribution in [2.24, 2.45) is 0 Å². The third kappa shape index (κ3) is 6.25. The second kappa shape index (κ2) is 11.1. The molecule has 31 heavy (non-hydrogen) atoms. The monoisotopic (exact) mass is 431 g/mol. The van der Waals surface area contributed by atoms with Gasteiger partial charge in [-0.05, 0) is 24.6 Å². The summed E-state index contributed by atoms with van der Waals surface area (Å²) in [7, 11) is 4.69. The Kier molecular flexibility index (Phi) is 7.93. The molecular formula is C20H25N5O6. The lowest BCUT2D eigenvalue weighted by molar-refractivity contribution is -0.121. The summed E-state index contributed by atoms with van der Waals surface area (Å²) in [6, 6.07) is 5.38. The number of nitrogens with one attached hydrogen (secondary N) is 1. The third-order valence-electron chi connectivity index (χ3n) is 4.35. The number of methoxy groups -OCH3 is 3. The maximum absolute atomic E-state index is 12.0. The molecule has 0 aliphatic carbocycles. The van der Waals surface area contributed by atoms with E-state index in [9.17, 15) is 4.79 Å². The fourth-order valence-corrected chi connectivity index (χ4v) is 2.83. The van der Waals surface area contributed by atoms with Crippen molar-refractivity contribution in [2.45, 2.75) is 32.3 Å². The Morgan fingerprint density at radius 1 is 1.00 bits per heavy atom. The highest BCUT2D eigenvalue weighted by Gasteiger charge is 2.13. The molecule has 166 valence electrons. The maximum atomic E-state index is 12.0. The number of carbonyl (C=O) groups is 1. The Balaban J connectivity index is 1.40. The first-order chi connectivity index (χ1) is 15.1. The Labute approximate surface area is 179 Å². The molecule has 0 radical (unpaired) electrons. The molecule has 1 N–H and O–H groups in total. The van der Waals surface area contributed by atoms with Crippen LogP contribution < -0.4 is 14.8 Å². The van der Waals surface area contributed by atoms with E-state index in [1.807, 2.05) is 6.07 Å². The van der Waals surface area contributed by atoms with Crippen molar-refractivity contribution in [3.8, 4) is 22.9 Å². The standard InChI is InChI=1S/C20H25N5O6/c1-27-12-19-22-16(24-31-19)9-10-21-17(26)5-4-6-18-23-20(25-30-18)13-7-8-14(28-2)15(11-13)29-3/h7-8,11H,4-6,9-10,12H2,1-3H3,(H,21,26). The van der Waals surface area contributed by atoms with Gasteiger partial charge in [-0.25, -0.2) is 0 Å². The number of amides is 1. The fraction of sp³-hybridized carbons (Fsp3) is 0.450. The zero-order chi connectivity index (χ0) is 22.1. The molecule has 0 atom stereocenters. The summed E-state index contributed by atoms with van der Waals surface area (Å²) in [4.78, 5) is 20.5. The van der Waals surface area contributed by atoms with E-state index in [2.05, 4.69) is 25.6 Å². The highest BCUT2D eigenvalue weighted by molar-refractivity contribution is 5.75. The van der Waals surface area contributed by atoms with E-state index in [-0.39, 0.29) is 12.5 Å². The van der Waals surface area contributed by atoms with E-state index in [1.54, 1.807) is 33.5 Å². The topological polar surface area (TPSA) is 135 Å². The SMILES string of the molecule is COCc1nc(CCNC(=O)CCCc2nc(-c3ccc(OC)c(OC)c3)no2)no1. The van der Waals surface area contributed by atoms with Crippen molar-refractivity contribution in [2.75, 3.05) is 27.9 Å². The molecule has 11 nitrogen and oxygen atoms in total. The largest absolute Gasteiger partial charge is 0.493 e. The van der Waals surface area contributed by atoms with E-state index in [4.69, 9.17) is 23.3 Å². The number of ether oxygens (including phenoxy) is 3. The number of hydrogen-bond donors (Lipinski definition) is 1. The van der Waals surface area contributed by atoms with Crippen molar-refractivity contribution in [1.82, 2.24) is 25.6 Å².